The number of methoxy groups -OCH3 is 1. The van der Waals surface area contributed by atoms with Crippen LogP contribution >= 0.6 is 0 Å². The van der Waals surface area contributed by atoms with Gasteiger partial charge in [0.05, 0.1) is 13.0 Å². The Bertz CT molecular complexity index is 278. The van der Waals surface area contributed by atoms with E-state index in [1.54, 1.807) is 0 Å². The molecule has 1 rings (SSSR count). The van der Waals surface area contributed by atoms with Crippen LogP contribution in [0.5, 0.6) is 0 Å². The number of ether oxygens (including phenoxy) is 1. The summed E-state index contributed by atoms with van der Waals surface area (Å²) in [6.07, 6.45) is 7.90. The van der Waals surface area contributed by atoms with E-state index in [4.69, 9.17) is 4.74 Å². The van der Waals surface area contributed by atoms with Crippen molar-refractivity contribution in [3.05, 3.63) is 0 Å². The highest BCUT2D eigenvalue weighted by atomic mass is 16.5. The SMILES string of the molecule is COC(=O)[C@@H](C)CCCC[C@@H]1CCCCC(=O)N1. The van der Waals surface area contributed by atoms with Crippen LogP contribution in [-0.4, -0.2) is 25.0 Å². The van der Waals surface area contributed by atoms with Gasteiger partial charge in [0.1, 0.15) is 0 Å². The van der Waals surface area contributed by atoms with Crippen molar-refractivity contribution in [2.24, 2.45) is 5.92 Å². The molecule has 0 aromatic heterocycles. The van der Waals surface area contributed by atoms with Gasteiger partial charge in [0.25, 0.3) is 0 Å². The van der Waals surface area contributed by atoms with E-state index >= 15 is 0 Å². The van der Waals surface area contributed by atoms with Gasteiger partial charge in [-0.2, -0.15) is 0 Å². The minimum atomic E-state index is -0.127. The first kappa shape index (κ1) is 15.0. The number of carbonyl (C=O) groups excluding carboxylic acids is 2. The van der Waals surface area contributed by atoms with Gasteiger partial charge < -0.3 is 10.1 Å². The van der Waals surface area contributed by atoms with Crippen molar-refractivity contribution in [3.63, 3.8) is 0 Å². The summed E-state index contributed by atoms with van der Waals surface area (Å²) in [5.41, 5.74) is 0. The van der Waals surface area contributed by atoms with Crippen LogP contribution in [0.25, 0.3) is 0 Å². The molecule has 0 aromatic rings. The summed E-state index contributed by atoms with van der Waals surface area (Å²) >= 11 is 0. The molecule has 0 aromatic carbocycles. The Morgan fingerprint density at radius 3 is 2.94 bits per heavy atom. The first-order chi connectivity index (χ1) is 8.63. The van der Waals surface area contributed by atoms with Crippen LogP contribution in [0, 0.1) is 5.92 Å². The van der Waals surface area contributed by atoms with Crippen LogP contribution in [0.1, 0.15) is 58.3 Å². The maximum absolute atomic E-state index is 11.4. The molecule has 0 radical (unpaired) electrons. The van der Waals surface area contributed by atoms with Crippen molar-refractivity contribution in [2.45, 2.75) is 64.3 Å². The Morgan fingerprint density at radius 1 is 1.44 bits per heavy atom. The molecule has 104 valence electrons. The number of esters is 1. The summed E-state index contributed by atoms with van der Waals surface area (Å²) in [4.78, 5) is 22.6. The van der Waals surface area contributed by atoms with E-state index in [-0.39, 0.29) is 17.8 Å². The van der Waals surface area contributed by atoms with Gasteiger partial charge >= 0.3 is 5.97 Å². The van der Waals surface area contributed by atoms with Gasteiger partial charge in [0, 0.05) is 12.5 Å². The van der Waals surface area contributed by atoms with Gasteiger partial charge in [-0.1, -0.05) is 26.2 Å². The average Bonchev–Trinajstić information content (AvgIpc) is 2.57. The Kier molecular flexibility index (Phi) is 6.76. The molecule has 4 heteroatoms. The minimum Gasteiger partial charge on any atom is -0.469 e. The van der Waals surface area contributed by atoms with Gasteiger partial charge in [-0.25, -0.2) is 0 Å². The molecular formula is C14H25NO3. The van der Waals surface area contributed by atoms with Gasteiger partial charge in [-0.3, -0.25) is 9.59 Å². The topological polar surface area (TPSA) is 55.4 Å². The van der Waals surface area contributed by atoms with Crippen molar-refractivity contribution < 1.29 is 14.3 Å². The molecule has 0 saturated carbocycles. The van der Waals surface area contributed by atoms with E-state index in [1.807, 2.05) is 6.92 Å². The average molecular weight is 255 g/mol. The molecule has 1 fully saturated rings. The van der Waals surface area contributed by atoms with Gasteiger partial charge in [0.15, 0.2) is 0 Å². The second-order valence-corrected chi connectivity index (χ2v) is 5.22. The monoisotopic (exact) mass is 255 g/mol. The normalized spacial score (nSPS) is 21.9. The summed E-state index contributed by atoms with van der Waals surface area (Å²) in [5, 5.41) is 3.07. The fourth-order valence-corrected chi connectivity index (χ4v) is 2.43. The molecule has 0 spiro atoms. The quantitative estimate of drug-likeness (QED) is 0.586. The van der Waals surface area contributed by atoms with E-state index in [9.17, 15) is 9.59 Å². The molecule has 1 heterocycles. The molecule has 2 atom stereocenters. The second kappa shape index (κ2) is 8.11. The van der Waals surface area contributed by atoms with Crippen LogP contribution in [0.4, 0.5) is 0 Å². The molecule has 0 aliphatic carbocycles. The van der Waals surface area contributed by atoms with Crippen molar-refractivity contribution in [2.75, 3.05) is 7.11 Å². The fourth-order valence-electron chi connectivity index (χ4n) is 2.43. The fraction of sp³-hybridized carbons (Fsp3) is 0.857. The van der Waals surface area contributed by atoms with E-state index < -0.39 is 0 Å². The summed E-state index contributed by atoms with van der Waals surface area (Å²) < 4.78 is 4.69. The molecule has 1 amide bonds. The maximum atomic E-state index is 11.4. The number of nitrogens with one attached hydrogen (secondary N) is 1. The third kappa shape index (κ3) is 5.52. The predicted octanol–water partition coefficient (Wildman–Crippen LogP) is 2.41. The third-order valence-electron chi connectivity index (χ3n) is 3.61. The number of unbranched alkanes of at least 4 members (excludes halogenated alkanes) is 1. The number of hydrogen-bond acceptors (Lipinski definition) is 3. The molecule has 0 unspecified atom stereocenters. The summed E-state index contributed by atoms with van der Waals surface area (Å²) in [6.45, 7) is 1.90. The molecule has 1 aliphatic heterocycles. The number of hydrogen-bond donors (Lipinski definition) is 1. The number of rotatable bonds is 6. The highest BCUT2D eigenvalue weighted by Crippen LogP contribution is 2.16. The summed E-state index contributed by atoms with van der Waals surface area (Å²) in [7, 11) is 1.43. The van der Waals surface area contributed by atoms with Gasteiger partial charge in [-0.15, -0.1) is 0 Å². The zero-order valence-electron chi connectivity index (χ0n) is 11.5. The van der Waals surface area contributed by atoms with E-state index in [1.165, 1.54) is 7.11 Å². The van der Waals surface area contributed by atoms with Crippen LogP contribution in [-0.2, 0) is 14.3 Å². The lowest BCUT2D eigenvalue weighted by Gasteiger charge is -2.16. The first-order valence-corrected chi connectivity index (χ1v) is 7.00. The molecule has 1 aliphatic rings. The third-order valence-corrected chi connectivity index (χ3v) is 3.61. The van der Waals surface area contributed by atoms with E-state index in [0.29, 0.717) is 12.5 Å². The summed E-state index contributed by atoms with van der Waals surface area (Å²) in [5.74, 6) is 0.0527. The predicted molar refractivity (Wildman–Crippen MR) is 70.0 cm³/mol. The zero-order chi connectivity index (χ0) is 13.4. The van der Waals surface area contributed by atoms with Gasteiger partial charge in [0.2, 0.25) is 5.91 Å². The van der Waals surface area contributed by atoms with E-state index in [2.05, 4.69) is 5.32 Å². The first-order valence-electron chi connectivity index (χ1n) is 7.00. The van der Waals surface area contributed by atoms with Gasteiger partial charge in [-0.05, 0) is 25.7 Å². The van der Waals surface area contributed by atoms with Crippen molar-refractivity contribution in [3.8, 4) is 0 Å². The van der Waals surface area contributed by atoms with Crippen LogP contribution in [0.15, 0.2) is 0 Å². The highest BCUT2D eigenvalue weighted by Gasteiger charge is 2.16. The molecule has 1 N–H and O–H groups in total. The van der Waals surface area contributed by atoms with Crippen molar-refractivity contribution in [1.82, 2.24) is 5.32 Å². The van der Waals surface area contributed by atoms with E-state index in [0.717, 1.165) is 44.9 Å². The lowest BCUT2D eigenvalue weighted by Crippen LogP contribution is -2.32. The highest BCUT2D eigenvalue weighted by molar-refractivity contribution is 5.76. The Balaban J connectivity index is 2.13. The largest absolute Gasteiger partial charge is 0.469 e. The lowest BCUT2D eigenvalue weighted by molar-refractivity contribution is -0.145. The Hall–Kier alpha value is -1.06. The zero-order valence-corrected chi connectivity index (χ0v) is 11.5. The Labute approximate surface area is 109 Å². The standard InChI is InChI=1S/C14H25NO3/c1-11(14(17)18-2)7-3-4-8-12-9-5-6-10-13(16)15-12/h11-12H,3-10H2,1-2H3,(H,15,16)/t11-,12+/m0/s1. The van der Waals surface area contributed by atoms with Crippen LogP contribution < -0.4 is 5.32 Å². The lowest BCUT2D eigenvalue weighted by atomic mass is 9.99. The minimum absolute atomic E-state index is 0.0151. The summed E-state index contributed by atoms with van der Waals surface area (Å²) in [6, 6.07) is 0.341. The Morgan fingerprint density at radius 2 is 2.22 bits per heavy atom. The number of carbonyl (C=O) groups is 2. The molecular weight excluding hydrogens is 230 g/mol. The van der Waals surface area contributed by atoms with Crippen molar-refractivity contribution in [1.29, 1.82) is 0 Å². The van der Waals surface area contributed by atoms with Crippen LogP contribution in [0.2, 0.25) is 0 Å². The van der Waals surface area contributed by atoms with Crippen LogP contribution in [0.3, 0.4) is 0 Å². The second-order valence-electron chi connectivity index (χ2n) is 5.22. The number of amides is 1. The molecule has 4 nitrogen and oxygen atoms in total. The maximum Gasteiger partial charge on any atom is 0.308 e. The molecule has 0 bridgehead atoms. The van der Waals surface area contributed by atoms with Crippen molar-refractivity contribution >= 4 is 11.9 Å². The molecule has 18 heavy (non-hydrogen) atoms. The smallest absolute Gasteiger partial charge is 0.308 e. The molecule has 1 saturated heterocycles.